The van der Waals surface area contributed by atoms with Gasteiger partial charge < -0.3 is 10.6 Å². The Labute approximate surface area is 131 Å². The van der Waals surface area contributed by atoms with E-state index in [-0.39, 0.29) is 5.91 Å². The molecule has 5 heteroatoms. The lowest BCUT2D eigenvalue weighted by Gasteiger charge is -2.18. The Morgan fingerprint density at radius 3 is 2.71 bits per heavy atom. The van der Waals surface area contributed by atoms with Crippen LogP contribution >= 0.6 is 22.9 Å². The number of nitrogen functional groups attached to an aromatic ring is 1. The molecule has 0 saturated carbocycles. The van der Waals surface area contributed by atoms with Gasteiger partial charge in [0.2, 0.25) is 0 Å². The highest BCUT2D eigenvalue weighted by Crippen LogP contribution is 2.30. The van der Waals surface area contributed by atoms with Gasteiger partial charge in [0.1, 0.15) is 0 Å². The summed E-state index contributed by atoms with van der Waals surface area (Å²) < 4.78 is 1.09. The van der Waals surface area contributed by atoms with Crippen LogP contribution in [0.4, 0.5) is 11.4 Å². The van der Waals surface area contributed by atoms with Crippen molar-refractivity contribution < 1.29 is 4.79 Å². The van der Waals surface area contributed by atoms with Crippen molar-refractivity contribution in [2.45, 2.75) is 0 Å². The highest BCUT2D eigenvalue weighted by Gasteiger charge is 2.18. The average molecular weight is 317 g/mol. The molecule has 106 valence electrons. The molecule has 2 aromatic carbocycles. The number of benzene rings is 2. The van der Waals surface area contributed by atoms with Crippen LogP contribution in [-0.4, -0.2) is 13.0 Å². The molecule has 0 spiro atoms. The van der Waals surface area contributed by atoms with E-state index in [4.69, 9.17) is 17.3 Å². The maximum atomic E-state index is 12.6. The molecule has 3 rings (SSSR count). The number of thiophene rings is 1. The van der Waals surface area contributed by atoms with Gasteiger partial charge in [-0.05, 0) is 35.7 Å². The zero-order valence-corrected chi connectivity index (χ0v) is 12.9. The van der Waals surface area contributed by atoms with Gasteiger partial charge in [-0.2, -0.15) is 0 Å². The molecule has 2 N–H and O–H groups in total. The fourth-order valence-electron chi connectivity index (χ4n) is 2.17. The fourth-order valence-corrected chi connectivity index (χ4v) is 3.37. The first-order valence-corrected chi connectivity index (χ1v) is 7.57. The molecular weight excluding hydrogens is 304 g/mol. The van der Waals surface area contributed by atoms with Gasteiger partial charge in [-0.15, -0.1) is 11.3 Å². The van der Waals surface area contributed by atoms with Crippen LogP contribution in [0.1, 0.15) is 9.67 Å². The van der Waals surface area contributed by atoms with Gasteiger partial charge in [0.15, 0.2) is 0 Å². The molecule has 0 aliphatic rings. The molecule has 21 heavy (non-hydrogen) atoms. The van der Waals surface area contributed by atoms with E-state index in [1.807, 2.05) is 30.3 Å². The first-order valence-electron chi connectivity index (χ1n) is 6.38. The van der Waals surface area contributed by atoms with E-state index < -0.39 is 0 Å². The molecule has 1 heterocycles. The normalized spacial score (nSPS) is 10.8. The summed E-state index contributed by atoms with van der Waals surface area (Å²) in [5.41, 5.74) is 7.07. The number of amides is 1. The minimum Gasteiger partial charge on any atom is -0.397 e. The van der Waals surface area contributed by atoms with Gasteiger partial charge in [-0.25, -0.2) is 0 Å². The molecule has 0 radical (unpaired) electrons. The smallest absolute Gasteiger partial charge is 0.268 e. The summed E-state index contributed by atoms with van der Waals surface area (Å²) in [5.74, 6) is -0.0924. The third kappa shape index (κ3) is 2.60. The van der Waals surface area contributed by atoms with Crippen LogP contribution in [0, 0.1) is 0 Å². The summed E-state index contributed by atoms with van der Waals surface area (Å²) in [7, 11) is 1.70. The van der Waals surface area contributed by atoms with E-state index in [9.17, 15) is 4.79 Å². The lowest BCUT2D eigenvalue weighted by atomic mass is 10.2. The van der Waals surface area contributed by atoms with Crippen molar-refractivity contribution >= 4 is 50.3 Å². The van der Waals surface area contributed by atoms with Gasteiger partial charge in [0, 0.05) is 16.8 Å². The van der Waals surface area contributed by atoms with Gasteiger partial charge in [0.25, 0.3) is 5.91 Å². The molecule has 0 bridgehead atoms. The van der Waals surface area contributed by atoms with E-state index in [1.165, 1.54) is 16.2 Å². The van der Waals surface area contributed by atoms with Gasteiger partial charge in [-0.1, -0.05) is 29.8 Å². The molecule has 0 fully saturated rings. The Bertz CT molecular complexity index is 795. The molecular formula is C16H13ClN2OS. The minimum absolute atomic E-state index is 0.0924. The predicted molar refractivity (Wildman–Crippen MR) is 90.4 cm³/mol. The molecule has 0 saturated heterocycles. The molecule has 1 aromatic heterocycles. The summed E-state index contributed by atoms with van der Waals surface area (Å²) in [6.45, 7) is 0. The van der Waals surface area contributed by atoms with Crippen LogP contribution in [0.25, 0.3) is 10.1 Å². The first-order chi connectivity index (χ1) is 10.1. The second-order valence-corrected chi connectivity index (χ2v) is 6.24. The number of fused-ring (bicyclic) bond motifs is 1. The van der Waals surface area contributed by atoms with Crippen LogP contribution in [-0.2, 0) is 0 Å². The van der Waals surface area contributed by atoms with E-state index in [1.54, 1.807) is 25.2 Å². The van der Waals surface area contributed by atoms with E-state index in [2.05, 4.69) is 0 Å². The fraction of sp³-hybridized carbons (Fsp3) is 0.0625. The van der Waals surface area contributed by atoms with Crippen molar-refractivity contribution in [2.75, 3.05) is 17.7 Å². The number of anilines is 2. The number of nitrogens with zero attached hydrogens (tertiary/aromatic N) is 1. The number of carbonyl (C=O) groups is 1. The lowest BCUT2D eigenvalue weighted by molar-refractivity contribution is 0.0997. The monoisotopic (exact) mass is 316 g/mol. The molecule has 3 aromatic rings. The zero-order chi connectivity index (χ0) is 15.0. The van der Waals surface area contributed by atoms with Crippen LogP contribution in [0.15, 0.2) is 48.5 Å². The first kappa shape index (κ1) is 13.9. The second kappa shape index (κ2) is 5.39. The Morgan fingerprint density at radius 1 is 1.19 bits per heavy atom. The quantitative estimate of drug-likeness (QED) is 0.712. The number of halogens is 1. The maximum Gasteiger partial charge on any atom is 0.268 e. The van der Waals surface area contributed by atoms with Crippen molar-refractivity contribution in [3.05, 3.63) is 58.4 Å². The SMILES string of the molecule is CN(C(=O)c1cc2ccccc2s1)c1cc(Cl)ccc1N. The molecule has 0 aliphatic carbocycles. The van der Waals surface area contributed by atoms with E-state index in [0.717, 1.165) is 10.1 Å². The summed E-state index contributed by atoms with van der Waals surface area (Å²) in [5, 5.41) is 1.62. The van der Waals surface area contributed by atoms with E-state index >= 15 is 0 Å². The van der Waals surface area contributed by atoms with Gasteiger partial charge >= 0.3 is 0 Å². The van der Waals surface area contributed by atoms with Crippen molar-refractivity contribution in [3.63, 3.8) is 0 Å². The second-order valence-electron chi connectivity index (χ2n) is 4.72. The Morgan fingerprint density at radius 2 is 1.95 bits per heavy atom. The summed E-state index contributed by atoms with van der Waals surface area (Å²) in [6.07, 6.45) is 0. The van der Waals surface area contributed by atoms with Crippen LogP contribution < -0.4 is 10.6 Å². The predicted octanol–water partition coefficient (Wildman–Crippen LogP) is 4.41. The highest BCUT2D eigenvalue weighted by atomic mass is 35.5. The van der Waals surface area contributed by atoms with Crippen LogP contribution in [0.2, 0.25) is 5.02 Å². The number of carbonyl (C=O) groups excluding carboxylic acids is 1. The average Bonchev–Trinajstić information content (AvgIpc) is 2.92. The van der Waals surface area contributed by atoms with Crippen molar-refractivity contribution in [2.24, 2.45) is 0 Å². The van der Waals surface area contributed by atoms with Gasteiger partial charge in [-0.3, -0.25) is 4.79 Å². The van der Waals surface area contributed by atoms with Crippen molar-refractivity contribution in [1.82, 2.24) is 0 Å². The maximum absolute atomic E-state index is 12.6. The van der Waals surface area contributed by atoms with Gasteiger partial charge in [0.05, 0.1) is 16.3 Å². The zero-order valence-electron chi connectivity index (χ0n) is 11.3. The Kier molecular flexibility index (Phi) is 3.57. The third-order valence-electron chi connectivity index (χ3n) is 3.29. The van der Waals surface area contributed by atoms with Crippen LogP contribution in [0.3, 0.4) is 0 Å². The molecule has 0 unspecified atom stereocenters. The number of nitrogens with two attached hydrogens (primary N) is 1. The summed E-state index contributed by atoms with van der Waals surface area (Å²) in [6, 6.07) is 14.9. The Hall–Kier alpha value is -2.04. The van der Waals surface area contributed by atoms with Crippen molar-refractivity contribution in [3.8, 4) is 0 Å². The third-order valence-corrected chi connectivity index (χ3v) is 4.63. The number of rotatable bonds is 2. The van der Waals surface area contributed by atoms with Crippen molar-refractivity contribution in [1.29, 1.82) is 0 Å². The topological polar surface area (TPSA) is 46.3 Å². The summed E-state index contributed by atoms with van der Waals surface area (Å²) >= 11 is 7.46. The molecule has 0 aliphatic heterocycles. The lowest BCUT2D eigenvalue weighted by Crippen LogP contribution is -2.26. The molecule has 0 atom stereocenters. The minimum atomic E-state index is -0.0924. The molecule has 3 nitrogen and oxygen atoms in total. The standard InChI is InChI=1S/C16H13ClN2OS/c1-19(13-9-11(17)6-7-12(13)18)16(20)15-8-10-4-2-3-5-14(10)21-15/h2-9H,18H2,1H3. The largest absolute Gasteiger partial charge is 0.397 e. The number of hydrogen-bond acceptors (Lipinski definition) is 3. The molecule has 1 amide bonds. The summed E-state index contributed by atoms with van der Waals surface area (Å²) in [4.78, 5) is 14.8. The highest BCUT2D eigenvalue weighted by molar-refractivity contribution is 7.20. The van der Waals surface area contributed by atoms with Crippen LogP contribution in [0.5, 0.6) is 0 Å². The van der Waals surface area contributed by atoms with E-state index in [0.29, 0.717) is 21.3 Å². The number of hydrogen-bond donors (Lipinski definition) is 1. The Balaban J connectivity index is 1.99.